The summed E-state index contributed by atoms with van der Waals surface area (Å²) in [6, 6.07) is 18.6. The first-order valence-electron chi connectivity index (χ1n) is 11.0. The van der Waals surface area contributed by atoms with Crippen molar-refractivity contribution in [3.63, 3.8) is 0 Å². The summed E-state index contributed by atoms with van der Waals surface area (Å²) in [5, 5.41) is 22.5. The molecule has 3 aromatic carbocycles. The van der Waals surface area contributed by atoms with Crippen molar-refractivity contribution in [2.75, 3.05) is 26.3 Å². The number of halogens is 1. The highest BCUT2D eigenvalue weighted by molar-refractivity contribution is 5.92. The molecule has 3 aromatic rings. The SMILES string of the molecule is NC(=O)c1cccc(COCCOc2ccc(CCNC[C@H](O)c3ccc(O)c(F)c3)cc2)c1. The number of nitrogens with one attached hydrogen (secondary N) is 1. The zero-order valence-electron chi connectivity index (χ0n) is 18.7. The molecule has 5 N–H and O–H groups in total. The van der Waals surface area contributed by atoms with E-state index in [2.05, 4.69) is 5.32 Å². The van der Waals surface area contributed by atoms with Gasteiger partial charge in [-0.15, -0.1) is 0 Å². The highest BCUT2D eigenvalue weighted by atomic mass is 19.1. The van der Waals surface area contributed by atoms with E-state index < -0.39 is 23.6 Å². The number of phenols is 1. The molecule has 0 spiro atoms. The van der Waals surface area contributed by atoms with Crippen LogP contribution in [0.25, 0.3) is 0 Å². The van der Waals surface area contributed by atoms with Crippen molar-refractivity contribution in [3.8, 4) is 11.5 Å². The number of benzene rings is 3. The molecule has 180 valence electrons. The Kier molecular flexibility index (Phi) is 9.40. The Hall–Kier alpha value is -3.46. The first kappa shape index (κ1) is 25.2. The van der Waals surface area contributed by atoms with Gasteiger partial charge in [0, 0.05) is 12.1 Å². The second-order valence-corrected chi connectivity index (χ2v) is 7.79. The number of carbonyl (C=O) groups excluding carboxylic acids is 1. The van der Waals surface area contributed by atoms with E-state index in [1.165, 1.54) is 12.1 Å². The van der Waals surface area contributed by atoms with Gasteiger partial charge in [-0.1, -0.05) is 30.3 Å². The van der Waals surface area contributed by atoms with Crippen molar-refractivity contribution in [3.05, 3.63) is 94.8 Å². The number of phenolic OH excluding ortho intramolecular Hbond substituents is 1. The smallest absolute Gasteiger partial charge is 0.248 e. The molecule has 0 aliphatic heterocycles. The van der Waals surface area contributed by atoms with Crippen LogP contribution in [-0.4, -0.2) is 42.4 Å². The summed E-state index contributed by atoms with van der Waals surface area (Å²) in [5.41, 5.74) is 8.12. The molecule has 0 saturated heterocycles. The van der Waals surface area contributed by atoms with Crippen LogP contribution in [0.2, 0.25) is 0 Å². The number of hydrogen-bond donors (Lipinski definition) is 4. The van der Waals surface area contributed by atoms with Crippen molar-refractivity contribution >= 4 is 5.91 Å². The molecule has 0 aliphatic rings. The fourth-order valence-electron chi connectivity index (χ4n) is 3.29. The Balaban J connectivity index is 1.30. The molecule has 1 atom stereocenters. The molecular formula is C26H29FN2O5. The maximum atomic E-state index is 13.4. The van der Waals surface area contributed by atoms with E-state index in [9.17, 15) is 19.4 Å². The number of rotatable bonds is 13. The Labute approximate surface area is 197 Å². The van der Waals surface area contributed by atoms with Crippen LogP contribution in [0.15, 0.2) is 66.7 Å². The van der Waals surface area contributed by atoms with E-state index in [-0.39, 0.29) is 6.54 Å². The molecule has 0 bridgehead atoms. The number of aliphatic hydroxyl groups is 1. The molecular weight excluding hydrogens is 439 g/mol. The number of aromatic hydroxyl groups is 1. The molecule has 7 nitrogen and oxygen atoms in total. The van der Waals surface area contributed by atoms with Crippen molar-refractivity contribution in [2.24, 2.45) is 5.73 Å². The average molecular weight is 469 g/mol. The van der Waals surface area contributed by atoms with E-state index in [0.717, 1.165) is 29.4 Å². The number of primary amides is 1. The monoisotopic (exact) mass is 468 g/mol. The van der Waals surface area contributed by atoms with Crippen LogP contribution in [0, 0.1) is 5.82 Å². The third-order valence-electron chi connectivity index (χ3n) is 5.18. The standard InChI is InChI=1S/C26H29FN2O5/c27-23-15-20(6-9-24(23)30)25(31)16-29-11-10-18-4-7-22(8-5-18)34-13-12-33-17-19-2-1-3-21(14-19)26(28)32/h1-9,14-15,25,29-31H,10-13,16-17H2,(H2,28,32)/t25-/m0/s1. The van der Waals surface area contributed by atoms with Gasteiger partial charge in [0.25, 0.3) is 0 Å². The molecule has 34 heavy (non-hydrogen) atoms. The Morgan fingerprint density at radius 3 is 2.56 bits per heavy atom. The van der Waals surface area contributed by atoms with Crippen molar-refractivity contribution < 1.29 is 28.9 Å². The summed E-state index contributed by atoms with van der Waals surface area (Å²) in [5.74, 6) is -0.912. The van der Waals surface area contributed by atoms with E-state index in [1.807, 2.05) is 30.3 Å². The number of amides is 1. The van der Waals surface area contributed by atoms with Crippen molar-refractivity contribution in [1.82, 2.24) is 5.32 Å². The van der Waals surface area contributed by atoms with Gasteiger partial charge in [0.1, 0.15) is 12.4 Å². The van der Waals surface area contributed by atoms with Gasteiger partial charge in [0.15, 0.2) is 11.6 Å². The fourth-order valence-corrected chi connectivity index (χ4v) is 3.29. The molecule has 0 aliphatic carbocycles. The van der Waals surface area contributed by atoms with Crippen LogP contribution in [-0.2, 0) is 17.8 Å². The summed E-state index contributed by atoms with van der Waals surface area (Å²) >= 11 is 0. The van der Waals surface area contributed by atoms with E-state index in [1.54, 1.807) is 18.2 Å². The minimum atomic E-state index is -0.861. The van der Waals surface area contributed by atoms with Gasteiger partial charge in [0.2, 0.25) is 5.91 Å². The van der Waals surface area contributed by atoms with Gasteiger partial charge in [-0.3, -0.25) is 4.79 Å². The van der Waals surface area contributed by atoms with Crippen LogP contribution < -0.4 is 15.8 Å². The molecule has 0 aromatic heterocycles. The predicted octanol–water partition coefficient (Wildman–Crippen LogP) is 3.09. The zero-order valence-corrected chi connectivity index (χ0v) is 18.7. The quantitative estimate of drug-likeness (QED) is 0.287. The Morgan fingerprint density at radius 2 is 1.82 bits per heavy atom. The van der Waals surface area contributed by atoms with Crippen molar-refractivity contribution in [2.45, 2.75) is 19.1 Å². The summed E-state index contributed by atoms with van der Waals surface area (Å²) in [4.78, 5) is 11.2. The third-order valence-corrected chi connectivity index (χ3v) is 5.18. The summed E-state index contributed by atoms with van der Waals surface area (Å²) in [6.07, 6.45) is -0.107. The zero-order chi connectivity index (χ0) is 24.3. The normalized spacial score (nSPS) is 11.8. The van der Waals surface area contributed by atoms with Gasteiger partial charge in [-0.05, 0) is 66.1 Å². The molecule has 8 heteroatoms. The molecule has 1 amide bonds. The van der Waals surface area contributed by atoms with Crippen LogP contribution in [0.5, 0.6) is 11.5 Å². The summed E-state index contributed by atoms with van der Waals surface area (Å²) in [7, 11) is 0. The Morgan fingerprint density at radius 1 is 1.03 bits per heavy atom. The molecule has 0 heterocycles. The minimum absolute atomic E-state index is 0.276. The third kappa shape index (κ3) is 7.84. The summed E-state index contributed by atoms with van der Waals surface area (Å²) in [6.45, 7) is 2.08. The molecule has 0 fully saturated rings. The van der Waals surface area contributed by atoms with E-state index in [0.29, 0.717) is 37.5 Å². The highest BCUT2D eigenvalue weighted by Crippen LogP contribution is 2.20. The van der Waals surface area contributed by atoms with Gasteiger partial charge in [-0.2, -0.15) is 0 Å². The first-order valence-corrected chi connectivity index (χ1v) is 11.0. The largest absolute Gasteiger partial charge is 0.505 e. The number of nitrogens with two attached hydrogens (primary N) is 1. The van der Waals surface area contributed by atoms with E-state index >= 15 is 0 Å². The predicted molar refractivity (Wildman–Crippen MR) is 126 cm³/mol. The summed E-state index contributed by atoms with van der Waals surface area (Å²) < 4.78 is 24.7. The molecule has 0 radical (unpaired) electrons. The van der Waals surface area contributed by atoms with Crippen LogP contribution in [0.3, 0.4) is 0 Å². The first-order chi connectivity index (χ1) is 16.4. The van der Waals surface area contributed by atoms with Gasteiger partial charge < -0.3 is 30.7 Å². The van der Waals surface area contributed by atoms with Crippen LogP contribution >= 0.6 is 0 Å². The van der Waals surface area contributed by atoms with Gasteiger partial charge >= 0.3 is 0 Å². The fraction of sp³-hybridized carbons (Fsp3) is 0.269. The van der Waals surface area contributed by atoms with Crippen LogP contribution in [0.4, 0.5) is 4.39 Å². The van der Waals surface area contributed by atoms with E-state index in [4.69, 9.17) is 15.2 Å². The molecule has 0 saturated carbocycles. The number of carbonyl (C=O) groups is 1. The second kappa shape index (κ2) is 12.7. The minimum Gasteiger partial charge on any atom is -0.505 e. The highest BCUT2D eigenvalue weighted by Gasteiger charge is 2.10. The lowest BCUT2D eigenvalue weighted by atomic mass is 10.1. The topological polar surface area (TPSA) is 114 Å². The van der Waals surface area contributed by atoms with Gasteiger partial charge in [-0.25, -0.2) is 4.39 Å². The lowest BCUT2D eigenvalue weighted by molar-refractivity contribution is 0.0887. The Bertz CT molecular complexity index is 1080. The maximum absolute atomic E-state index is 13.4. The number of aliphatic hydroxyl groups excluding tert-OH is 1. The average Bonchev–Trinajstić information content (AvgIpc) is 2.84. The molecule has 0 unspecified atom stereocenters. The number of hydrogen-bond acceptors (Lipinski definition) is 6. The second-order valence-electron chi connectivity index (χ2n) is 7.79. The van der Waals surface area contributed by atoms with Crippen LogP contribution in [0.1, 0.15) is 33.2 Å². The maximum Gasteiger partial charge on any atom is 0.248 e. The van der Waals surface area contributed by atoms with Crippen molar-refractivity contribution in [1.29, 1.82) is 0 Å². The van der Waals surface area contributed by atoms with Gasteiger partial charge in [0.05, 0.1) is 19.3 Å². The lowest BCUT2D eigenvalue weighted by Gasteiger charge is -2.13. The molecule has 3 rings (SSSR count). The lowest BCUT2D eigenvalue weighted by Crippen LogP contribution is -2.23. The number of ether oxygens (including phenoxy) is 2.